The van der Waals surface area contributed by atoms with Crippen molar-refractivity contribution in [1.29, 1.82) is 0 Å². The van der Waals surface area contributed by atoms with Crippen molar-refractivity contribution in [1.82, 2.24) is 0 Å². The molecule has 0 spiro atoms. The zero-order chi connectivity index (χ0) is 11.7. The molecule has 0 saturated heterocycles. The van der Waals surface area contributed by atoms with Crippen molar-refractivity contribution in [2.24, 2.45) is 0 Å². The molecule has 82 valence electrons. The lowest BCUT2D eigenvalue weighted by Crippen LogP contribution is -2.04. The van der Waals surface area contributed by atoms with Gasteiger partial charge in [0.25, 0.3) is 0 Å². The van der Waals surface area contributed by atoms with Gasteiger partial charge in [0.05, 0.1) is 0 Å². The van der Waals surface area contributed by atoms with Gasteiger partial charge in [0.2, 0.25) is 0 Å². The van der Waals surface area contributed by atoms with Gasteiger partial charge in [0, 0.05) is 28.2 Å². The molecule has 0 bridgehead atoms. The van der Waals surface area contributed by atoms with Crippen molar-refractivity contribution in [3.63, 3.8) is 0 Å². The van der Waals surface area contributed by atoms with Crippen LogP contribution in [0.5, 0.6) is 0 Å². The van der Waals surface area contributed by atoms with E-state index in [1.165, 1.54) is 5.57 Å². The van der Waals surface area contributed by atoms with Gasteiger partial charge in [-0.2, -0.15) is 0 Å². The Morgan fingerprint density at radius 2 is 1.75 bits per heavy atom. The third kappa shape index (κ3) is 1.99. The molecule has 0 amide bonds. The number of rotatable bonds is 1. The molecule has 0 unspecified atom stereocenters. The van der Waals surface area contributed by atoms with Crippen LogP contribution in [0.1, 0.15) is 18.9 Å². The molecule has 2 nitrogen and oxygen atoms in total. The third-order valence-corrected chi connectivity index (χ3v) is 2.85. The minimum atomic E-state index is 0.694. The number of hydrogen-bond donors (Lipinski definition) is 2. The van der Waals surface area contributed by atoms with Gasteiger partial charge in [0.1, 0.15) is 0 Å². The van der Waals surface area contributed by atoms with Crippen LogP contribution in [0, 0.1) is 0 Å². The normalized spacial score (nSPS) is 15.7. The van der Waals surface area contributed by atoms with E-state index in [0.717, 1.165) is 22.4 Å². The predicted molar refractivity (Wildman–Crippen MR) is 74.2 cm³/mol. The Bertz CT molecular complexity index is 492. The summed E-state index contributed by atoms with van der Waals surface area (Å²) in [6, 6.07) is 5.56. The molecule has 4 N–H and O–H groups in total. The highest BCUT2D eigenvalue weighted by Gasteiger charge is 2.12. The number of benzene rings is 1. The van der Waals surface area contributed by atoms with Crippen molar-refractivity contribution in [2.45, 2.75) is 13.3 Å². The van der Waals surface area contributed by atoms with Crippen molar-refractivity contribution in [3.8, 4) is 0 Å². The number of nitrogens with two attached hydrogens (primary N) is 2. The Kier molecular flexibility index (Phi) is 2.79. The monoisotopic (exact) mass is 230 g/mol. The minimum Gasteiger partial charge on any atom is -0.398 e. The molecule has 1 aromatic carbocycles. The highest BCUT2D eigenvalue weighted by Crippen LogP contribution is 2.32. The van der Waals surface area contributed by atoms with E-state index in [4.69, 9.17) is 23.7 Å². The van der Waals surface area contributed by atoms with Crippen LogP contribution in [0.15, 0.2) is 35.9 Å². The van der Waals surface area contributed by atoms with Gasteiger partial charge in [-0.15, -0.1) is 0 Å². The van der Waals surface area contributed by atoms with Crippen molar-refractivity contribution in [3.05, 3.63) is 41.5 Å². The van der Waals surface area contributed by atoms with Crippen LogP contribution in [-0.4, -0.2) is 4.86 Å². The van der Waals surface area contributed by atoms with E-state index in [1.807, 2.05) is 24.3 Å². The first-order valence-corrected chi connectivity index (χ1v) is 5.55. The summed E-state index contributed by atoms with van der Waals surface area (Å²) in [6.45, 7) is 2.06. The molecular formula is C13H14N2S. The summed E-state index contributed by atoms with van der Waals surface area (Å²) in [4.78, 5) is 0.928. The summed E-state index contributed by atoms with van der Waals surface area (Å²) in [5.41, 5.74) is 16.4. The summed E-state index contributed by atoms with van der Waals surface area (Å²) in [7, 11) is 0. The number of nitrogen functional groups attached to an aromatic ring is 2. The number of thiocarbonyl (C=S) groups is 1. The molecule has 0 saturated carbocycles. The standard InChI is InChI=1S/C13H14N2S/c1-8-5-9(7-10(16)6-8)13-11(14)3-2-4-12(13)15/h2-5,7H,6,14-15H2,1H3. The fraction of sp³-hybridized carbons (Fsp3) is 0.154. The molecule has 3 heteroatoms. The second kappa shape index (κ2) is 4.10. The second-order valence-electron chi connectivity index (χ2n) is 4.04. The van der Waals surface area contributed by atoms with Gasteiger partial charge >= 0.3 is 0 Å². The highest BCUT2D eigenvalue weighted by atomic mass is 32.1. The van der Waals surface area contributed by atoms with Crippen LogP contribution < -0.4 is 11.5 Å². The van der Waals surface area contributed by atoms with E-state index in [0.29, 0.717) is 11.4 Å². The maximum Gasteiger partial charge on any atom is 0.0414 e. The van der Waals surface area contributed by atoms with Crippen molar-refractivity contribution < 1.29 is 0 Å². The number of anilines is 2. The van der Waals surface area contributed by atoms with Crippen LogP contribution >= 0.6 is 12.2 Å². The highest BCUT2D eigenvalue weighted by molar-refractivity contribution is 7.80. The fourth-order valence-corrected chi connectivity index (χ4v) is 2.28. The summed E-state index contributed by atoms with van der Waals surface area (Å²) in [5, 5.41) is 0. The second-order valence-corrected chi connectivity index (χ2v) is 4.57. The first kappa shape index (κ1) is 10.9. The number of allylic oxidation sites excluding steroid dienone is 4. The molecule has 16 heavy (non-hydrogen) atoms. The van der Waals surface area contributed by atoms with Gasteiger partial charge in [-0.05, 0) is 30.7 Å². The van der Waals surface area contributed by atoms with E-state index in [2.05, 4.69) is 13.0 Å². The molecule has 0 heterocycles. The molecule has 0 aliphatic heterocycles. The summed E-state index contributed by atoms with van der Waals surface area (Å²) >= 11 is 5.25. The first-order valence-electron chi connectivity index (χ1n) is 5.14. The van der Waals surface area contributed by atoms with E-state index < -0.39 is 0 Å². The van der Waals surface area contributed by atoms with Crippen LogP contribution in [0.3, 0.4) is 0 Å². The Morgan fingerprint density at radius 1 is 1.12 bits per heavy atom. The summed E-state index contributed by atoms with van der Waals surface area (Å²) in [5.74, 6) is 0. The lowest BCUT2D eigenvalue weighted by atomic mass is 9.93. The average Bonchev–Trinajstić information content (AvgIpc) is 2.15. The van der Waals surface area contributed by atoms with Gasteiger partial charge in [-0.25, -0.2) is 0 Å². The smallest absolute Gasteiger partial charge is 0.0414 e. The van der Waals surface area contributed by atoms with Crippen LogP contribution in [0.4, 0.5) is 11.4 Å². The molecule has 2 rings (SSSR count). The van der Waals surface area contributed by atoms with E-state index in [1.54, 1.807) is 0 Å². The Morgan fingerprint density at radius 3 is 2.31 bits per heavy atom. The molecule has 1 aliphatic carbocycles. The van der Waals surface area contributed by atoms with E-state index in [9.17, 15) is 0 Å². The molecule has 0 aromatic heterocycles. The molecule has 1 aromatic rings. The topological polar surface area (TPSA) is 52.0 Å². The maximum absolute atomic E-state index is 5.95. The predicted octanol–water partition coefficient (Wildman–Crippen LogP) is 2.95. The molecule has 1 aliphatic rings. The van der Waals surface area contributed by atoms with E-state index >= 15 is 0 Å². The minimum absolute atomic E-state index is 0.694. The van der Waals surface area contributed by atoms with Gasteiger partial charge < -0.3 is 11.5 Å². The Hall–Kier alpha value is -1.61. The van der Waals surface area contributed by atoms with Gasteiger partial charge in [-0.3, -0.25) is 0 Å². The van der Waals surface area contributed by atoms with Crippen molar-refractivity contribution in [2.75, 3.05) is 11.5 Å². The quantitative estimate of drug-likeness (QED) is 0.576. The van der Waals surface area contributed by atoms with E-state index in [-0.39, 0.29) is 0 Å². The Labute approximate surface area is 101 Å². The SMILES string of the molecule is CC1=CC(c2c(N)cccc2N)=CC(=S)C1. The zero-order valence-corrected chi connectivity index (χ0v) is 9.97. The zero-order valence-electron chi connectivity index (χ0n) is 9.16. The Balaban J connectivity index is 2.57. The third-order valence-electron chi connectivity index (χ3n) is 2.59. The first-order chi connectivity index (χ1) is 7.58. The fourth-order valence-electron chi connectivity index (χ4n) is 1.92. The molecular weight excluding hydrogens is 216 g/mol. The number of hydrogen-bond acceptors (Lipinski definition) is 3. The molecule has 0 atom stereocenters. The van der Waals surface area contributed by atoms with Gasteiger partial charge in [-0.1, -0.05) is 29.9 Å². The summed E-state index contributed by atoms with van der Waals surface area (Å²) < 4.78 is 0. The molecule has 0 radical (unpaired) electrons. The largest absolute Gasteiger partial charge is 0.398 e. The average molecular weight is 230 g/mol. The van der Waals surface area contributed by atoms with Crippen molar-refractivity contribution >= 4 is 34.0 Å². The van der Waals surface area contributed by atoms with Crippen LogP contribution in [-0.2, 0) is 0 Å². The summed E-state index contributed by atoms with van der Waals surface area (Å²) in [6.07, 6.45) is 4.92. The lowest BCUT2D eigenvalue weighted by Gasteiger charge is -2.15. The van der Waals surface area contributed by atoms with Crippen LogP contribution in [0.2, 0.25) is 0 Å². The molecule has 0 fully saturated rings. The lowest BCUT2D eigenvalue weighted by molar-refractivity contribution is 1.28. The van der Waals surface area contributed by atoms with Gasteiger partial charge in [0.15, 0.2) is 0 Å². The maximum atomic E-state index is 5.95. The van der Waals surface area contributed by atoms with Crippen LogP contribution in [0.25, 0.3) is 5.57 Å².